The zero-order chi connectivity index (χ0) is 13.2. The van der Waals surface area contributed by atoms with Crippen LogP contribution in [0, 0.1) is 0 Å². The van der Waals surface area contributed by atoms with Crippen LogP contribution in [0.4, 0.5) is 0 Å². The summed E-state index contributed by atoms with van der Waals surface area (Å²) < 4.78 is 0. The number of allylic oxidation sites excluding steroid dienone is 1. The summed E-state index contributed by atoms with van der Waals surface area (Å²) in [6.45, 7) is 6.41. The normalized spacial score (nSPS) is 11.5. The first kappa shape index (κ1) is 18.4. The summed E-state index contributed by atoms with van der Waals surface area (Å²) in [5.74, 6) is 0. The molecule has 2 N–H and O–H groups in total. The lowest BCUT2D eigenvalue weighted by molar-refractivity contribution is -0.848. The predicted octanol–water partition coefficient (Wildman–Crippen LogP) is -1.19. The molecule has 0 amide bonds. The third kappa shape index (κ3) is 8.98. The number of halogens is 1. The van der Waals surface area contributed by atoms with Gasteiger partial charge in [0.2, 0.25) is 0 Å². The molecule has 0 saturated carbocycles. The number of nitrogens with one attached hydrogen (secondary N) is 1. The lowest BCUT2D eigenvalue weighted by Gasteiger charge is -2.14. The van der Waals surface area contributed by atoms with E-state index in [2.05, 4.69) is 50.4 Å². The highest BCUT2D eigenvalue weighted by atomic mass is 79.9. The minimum absolute atomic E-state index is 0. The topological polar surface area (TPSA) is 24.7 Å². The van der Waals surface area contributed by atoms with Crippen molar-refractivity contribution in [3.05, 3.63) is 47.7 Å². The van der Waals surface area contributed by atoms with Gasteiger partial charge in [-0.2, -0.15) is 0 Å². The monoisotopic (exact) mass is 327 g/mol. The van der Waals surface area contributed by atoms with Gasteiger partial charge in [0, 0.05) is 0 Å². The molecule has 0 aliphatic heterocycles. The molecule has 0 aliphatic rings. The van der Waals surface area contributed by atoms with Gasteiger partial charge in [0.15, 0.2) is 0 Å². The number of aryl methyl sites for hydroxylation is 1. The Kier molecular flexibility index (Phi) is 10.8. The molecule has 0 aliphatic carbocycles. The van der Waals surface area contributed by atoms with Crippen LogP contribution in [0.25, 0.3) is 0 Å². The maximum absolute atomic E-state index is 9.03. The van der Waals surface area contributed by atoms with Crippen molar-refractivity contribution in [2.24, 2.45) is 0 Å². The van der Waals surface area contributed by atoms with E-state index in [4.69, 9.17) is 5.11 Å². The largest absolute Gasteiger partial charge is 1.00 e. The van der Waals surface area contributed by atoms with Gasteiger partial charge in [0.1, 0.15) is 6.54 Å². The van der Waals surface area contributed by atoms with Gasteiger partial charge in [0.25, 0.3) is 0 Å². The summed E-state index contributed by atoms with van der Waals surface area (Å²) in [6.07, 6.45) is 5.80. The van der Waals surface area contributed by atoms with Crippen molar-refractivity contribution in [1.82, 2.24) is 0 Å². The van der Waals surface area contributed by atoms with Gasteiger partial charge in [-0.3, -0.25) is 0 Å². The van der Waals surface area contributed by atoms with E-state index in [0.717, 1.165) is 19.5 Å². The van der Waals surface area contributed by atoms with Gasteiger partial charge in [-0.05, 0) is 44.2 Å². The first-order valence-corrected chi connectivity index (χ1v) is 6.86. The van der Waals surface area contributed by atoms with Gasteiger partial charge in [-0.1, -0.05) is 30.3 Å². The van der Waals surface area contributed by atoms with Crippen molar-refractivity contribution >= 4 is 0 Å². The Labute approximate surface area is 127 Å². The highest BCUT2D eigenvalue weighted by Gasteiger charge is 2.04. The highest BCUT2D eigenvalue weighted by molar-refractivity contribution is 5.14. The summed E-state index contributed by atoms with van der Waals surface area (Å²) in [5, 5.41) is 9.03. The average molecular weight is 328 g/mol. The molecule has 1 aromatic rings. The van der Waals surface area contributed by atoms with E-state index in [1.54, 1.807) is 0 Å². The molecule has 1 unspecified atom stereocenters. The molecule has 0 heterocycles. The molecule has 2 nitrogen and oxygen atoms in total. The predicted molar refractivity (Wildman–Crippen MR) is 76.6 cm³/mol. The fraction of sp³-hybridized carbons (Fsp3) is 0.500. The van der Waals surface area contributed by atoms with E-state index >= 15 is 0 Å². The quantitative estimate of drug-likeness (QED) is 0.577. The van der Waals surface area contributed by atoms with Crippen LogP contribution >= 0.6 is 0 Å². The van der Waals surface area contributed by atoms with E-state index in [0.29, 0.717) is 0 Å². The highest BCUT2D eigenvalue weighted by Crippen LogP contribution is 2.03. The Bertz CT molecular complexity index is 347. The molecule has 0 saturated heterocycles. The average Bonchev–Trinajstić information content (AvgIpc) is 2.35. The Morgan fingerprint density at radius 2 is 1.79 bits per heavy atom. The minimum atomic E-state index is 0. The van der Waals surface area contributed by atoms with Crippen molar-refractivity contribution in [3.8, 4) is 0 Å². The van der Waals surface area contributed by atoms with Crippen LogP contribution in [-0.4, -0.2) is 24.8 Å². The van der Waals surface area contributed by atoms with E-state index in [1.807, 2.05) is 0 Å². The number of hydrogen-bond donors (Lipinski definition) is 2. The second-order valence-corrected chi connectivity index (χ2v) is 5.05. The van der Waals surface area contributed by atoms with E-state index in [1.165, 1.54) is 28.9 Å². The number of quaternary nitrogens is 1. The molecule has 0 radical (unpaired) electrons. The van der Waals surface area contributed by atoms with Crippen molar-refractivity contribution in [1.29, 1.82) is 0 Å². The molecule has 1 aromatic carbocycles. The molecule has 108 valence electrons. The third-order valence-electron chi connectivity index (χ3n) is 2.98. The summed E-state index contributed by atoms with van der Waals surface area (Å²) >= 11 is 0. The molecule has 0 spiro atoms. The smallest absolute Gasteiger partial charge is 0.105 e. The molecular weight excluding hydrogens is 302 g/mol. The minimum Gasteiger partial charge on any atom is -1.00 e. The lowest BCUT2D eigenvalue weighted by atomic mass is 10.1. The Morgan fingerprint density at radius 1 is 1.11 bits per heavy atom. The van der Waals surface area contributed by atoms with Crippen LogP contribution in [0.1, 0.15) is 32.3 Å². The van der Waals surface area contributed by atoms with Crippen LogP contribution in [0.3, 0.4) is 0 Å². The molecule has 1 atom stereocenters. The molecule has 19 heavy (non-hydrogen) atoms. The zero-order valence-corrected chi connectivity index (χ0v) is 13.6. The van der Waals surface area contributed by atoms with Gasteiger partial charge in [-0.15, -0.1) is 0 Å². The number of aliphatic hydroxyl groups excluding tert-OH is 1. The van der Waals surface area contributed by atoms with Crippen LogP contribution in [0.15, 0.2) is 42.1 Å². The van der Waals surface area contributed by atoms with Crippen LogP contribution in [0.5, 0.6) is 0 Å². The SMILES string of the molecule is CC(C)=C[NH+](CCO)CCCCc1ccccc1.[Br-]. The van der Waals surface area contributed by atoms with Crippen LogP contribution in [0.2, 0.25) is 0 Å². The van der Waals surface area contributed by atoms with Gasteiger partial charge >= 0.3 is 0 Å². The van der Waals surface area contributed by atoms with E-state index in [9.17, 15) is 0 Å². The fourth-order valence-corrected chi connectivity index (χ4v) is 2.15. The Hall–Kier alpha value is -0.640. The number of rotatable bonds is 8. The fourth-order valence-electron chi connectivity index (χ4n) is 2.15. The number of benzene rings is 1. The van der Waals surface area contributed by atoms with Crippen molar-refractivity contribution in [2.75, 3.05) is 19.7 Å². The van der Waals surface area contributed by atoms with E-state index in [-0.39, 0.29) is 23.6 Å². The van der Waals surface area contributed by atoms with Gasteiger partial charge in [-0.25, -0.2) is 0 Å². The summed E-state index contributed by atoms with van der Waals surface area (Å²) in [6, 6.07) is 10.6. The summed E-state index contributed by atoms with van der Waals surface area (Å²) in [5.41, 5.74) is 2.74. The number of unbranched alkanes of at least 4 members (excludes halogenated alkanes) is 1. The first-order chi connectivity index (χ1) is 8.72. The maximum atomic E-state index is 9.03. The van der Waals surface area contributed by atoms with Crippen molar-refractivity contribution in [3.63, 3.8) is 0 Å². The second kappa shape index (κ2) is 11.2. The van der Waals surface area contributed by atoms with Crippen LogP contribution < -0.4 is 21.9 Å². The molecule has 0 aromatic heterocycles. The van der Waals surface area contributed by atoms with Gasteiger partial charge < -0.3 is 27.0 Å². The molecule has 0 fully saturated rings. The van der Waals surface area contributed by atoms with Crippen LogP contribution in [-0.2, 0) is 6.42 Å². The molecule has 0 bridgehead atoms. The van der Waals surface area contributed by atoms with Gasteiger partial charge in [0.05, 0.1) is 19.4 Å². The number of hydrogen-bond acceptors (Lipinski definition) is 1. The molecule has 1 rings (SSSR count). The summed E-state index contributed by atoms with van der Waals surface area (Å²) in [7, 11) is 0. The van der Waals surface area contributed by atoms with Crippen molar-refractivity contribution < 1.29 is 27.0 Å². The first-order valence-electron chi connectivity index (χ1n) is 6.86. The Morgan fingerprint density at radius 3 is 2.37 bits per heavy atom. The van der Waals surface area contributed by atoms with E-state index < -0.39 is 0 Å². The Balaban J connectivity index is 0.00000324. The second-order valence-electron chi connectivity index (χ2n) is 5.05. The zero-order valence-electron chi connectivity index (χ0n) is 12.0. The maximum Gasteiger partial charge on any atom is 0.105 e. The number of aliphatic hydroxyl groups is 1. The third-order valence-corrected chi connectivity index (χ3v) is 2.98. The molecular formula is C16H26BrNO. The summed E-state index contributed by atoms with van der Waals surface area (Å²) in [4.78, 5) is 1.38. The lowest BCUT2D eigenvalue weighted by Crippen LogP contribution is -3.08. The van der Waals surface area contributed by atoms with Crippen molar-refractivity contribution in [2.45, 2.75) is 33.1 Å². The standard InChI is InChI=1S/C16H25NO.BrH/c1-15(2)14-17(12-13-18)11-7-6-10-16-8-4-3-5-9-16;/h3-5,8-9,14,18H,6-7,10-13H2,1-2H3;1H. The molecule has 3 heteroatoms.